The number of amides is 1. The molecule has 0 atom stereocenters. The summed E-state index contributed by atoms with van der Waals surface area (Å²) in [6, 6.07) is 1.69. The zero-order chi connectivity index (χ0) is 14.8. The van der Waals surface area contributed by atoms with Crippen LogP contribution in [-0.4, -0.2) is 68.9 Å². The van der Waals surface area contributed by atoms with Crippen LogP contribution in [0.5, 0.6) is 0 Å². The number of carbonyl (C=O) groups is 1. The van der Waals surface area contributed by atoms with E-state index in [2.05, 4.69) is 4.90 Å². The Morgan fingerprint density at radius 2 is 1.95 bits per heavy atom. The lowest BCUT2D eigenvalue weighted by molar-refractivity contribution is 0.0642. The zero-order valence-electron chi connectivity index (χ0n) is 11.8. The molecule has 112 valence electrons. The van der Waals surface area contributed by atoms with Gasteiger partial charge >= 0.3 is 0 Å². The Morgan fingerprint density at radius 1 is 1.30 bits per heavy atom. The van der Waals surface area contributed by atoms with Crippen molar-refractivity contribution in [1.82, 2.24) is 9.80 Å². The van der Waals surface area contributed by atoms with Gasteiger partial charge < -0.3 is 9.32 Å². The second-order valence-corrected chi connectivity index (χ2v) is 7.41. The number of carbonyl (C=O) groups excluding carboxylic acids is 1. The van der Waals surface area contributed by atoms with Crippen LogP contribution in [0.1, 0.15) is 16.1 Å². The van der Waals surface area contributed by atoms with Gasteiger partial charge in [-0.15, -0.1) is 0 Å². The van der Waals surface area contributed by atoms with Gasteiger partial charge in [-0.2, -0.15) is 0 Å². The van der Waals surface area contributed by atoms with Crippen LogP contribution in [0.15, 0.2) is 16.7 Å². The van der Waals surface area contributed by atoms with Crippen molar-refractivity contribution in [2.75, 3.05) is 44.7 Å². The van der Waals surface area contributed by atoms with Gasteiger partial charge in [0.2, 0.25) is 0 Å². The van der Waals surface area contributed by atoms with Gasteiger partial charge in [-0.1, -0.05) is 0 Å². The van der Waals surface area contributed by atoms with Gasteiger partial charge in [0, 0.05) is 39.0 Å². The highest BCUT2D eigenvalue weighted by Crippen LogP contribution is 2.13. The van der Waals surface area contributed by atoms with E-state index in [1.54, 1.807) is 17.9 Å². The van der Waals surface area contributed by atoms with Crippen molar-refractivity contribution in [3.8, 4) is 0 Å². The van der Waals surface area contributed by atoms with E-state index >= 15 is 0 Å². The van der Waals surface area contributed by atoms with Crippen LogP contribution in [0.3, 0.4) is 0 Å². The van der Waals surface area contributed by atoms with Crippen molar-refractivity contribution in [2.45, 2.75) is 6.92 Å². The van der Waals surface area contributed by atoms with E-state index in [9.17, 15) is 13.2 Å². The highest BCUT2D eigenvalue weighted by Gasteiger charge is 2.24. The zero-order valence-corrected chi connectivity index (χ0v) is 12.6. The normalized spacial score (nSPS) is 17.4. The number of hydrogen-bond acceptors (Lipinski definition) is 5. The summed E-state index contributed by atoms with van der Waals surface area (Å²) in [6.07, 6.45) is 2.76. The molecular formula is C13H20N2O4S. The molecule has 0 spiro atoms. The first-order chi connectivity index (χ1) is 9.37. The molecule has 20 heavy (non-hydrogen) atoms. The molecule has 1 aliphatic heterocycles. The van der Waals surface area contributed by atoms with E-state index in [1.807, 2.05) is 0 Å². The average molecular weight is 300 g/mol. The van der Waals surface area contributed by atoms with Gasteiger partial charge in [0.25, 0.3) is 5.91 Å². The summed E-state index contributed by atoms with van der Waals surface area (Å²) in [7, 11) is -2.93. The van der Waals surface area contributed by atoms with E-state index in [0.717, 1.165) is 0 Å². The largest absolute Gasteiger partial charge is 0.469 e. The van der Waals surface area contributed by atoms with Crippen molar-refractivity contribution >= 4 is 15.7 Å². The van der Waals surface area contributed by atoms with Crippen molar-refractivity contribution in [1.29, 1.82) is 0 Å². The van der Waals surface area contributed by atoms with Crippen LogP contribution < -0.4 is 0 Å². The molecule has 1 fully saturated rings. The fraction of sp³-hybridized carbons (Fsp3) is 0.615. The molecular weight excluding hydrogens is 280 g/mol. The molecule has 1 aromatic rings. The summed E-state index contributed by atoms with van der Waals surface area (Å²) in [6.45, 7) is 4.96. The molecule has 2 heterocycles. The lowest BCUT2D eigenvalue weighted by atomic mass is 10.2. The maximum absolute atomic E-state index is 12.3. The van der Waals surface area contributed by atoms with Gasteiger partial charge in [0.1, 0.15) is 15.6 Å². The maximum Gasteiger partial charge on any atom is 0.257 e. The Balaban J connectivity index is 1.85. The van der Waals surface area contributed by atoms with E-state index in [0.29, 0.717) is 44.0 Å². The minimum atomic E-state index is -2.93. The molecule has 0 saturated carbocycles. The van der Waals surface area contributed by atoms with E-state index in [1.165, 1.54) is 12.5 Å². The number of rotatable bonds is 4. The molecule has 1 saturated heterocycles. The minimum Gasteiger partial charge on any atom is -0.469 e. The van der Waals surface area contributed by atoms with Crippen molar-refractivity contribution in [2.24, 2.45) is 0 Å². The molecule has 0 aliphatic carbocycles. The number of hydrogen-bond donors (Lipinski definition) is 0. The fourth-order valence-electron chi connectivity index (χ4n) is 2.25. The van der Waals surface area contributed by atoms with Crippen LogP contribution in [0, 0.1) is 6.92 Å². The number of aryl methyl sites for hydroxylation is 1. The summed E-state index contributed by atoms with van der Waals surface area (Å²) in [5.41, 5.74) is 0.606. The van der Waals surface area contributed by atoms with Gasteiger partial charge in [0.05, 0.1) is 17.6 Å². The summed E-state index contributed by atoms with van der Waals surface area (Å²) in [5, 5.41) is 0. The highest BCUT2D eigenvalue weighted by molar-refractivity contribution is 7.90. The van der Waals surface area contributed by atoms with Crippen LogP contribution in [-0.2, 0) is 9.84 Å². The number of piperazine rings is 1. The Hall–Kier alpha value is -1.34. The third kappa shape index (κ3) is 3.83. The van der Waals surface area contributed by atoms with Gasteiger partial charge in [0.15, 0.2) is 0 Å². The molecule has 1 amide bonds. The van der Waals surface area contributed by atoms with Gasteiger partial charge in [-0.05, 0) is 13.0 Å². The molecule has 1 aromatic heterocycles. The molecule has 0 bridgehead atoms. The predicted molar refractivity (Wildman–Crippen MR) is 75.5 cm³/mol. The monoisotopic (exact) mass is 300 g/mol. The van der Waals surface area contributed by atoms with Crippen LogP contribution in [0.2, 0.25) is 0 Å². The number of nitrogens with zero attached hydrogens (tertiary/aromatic N) is 2. The maximum atomic E-state index is 12.3. The Morgan fingerprint density at radius 3 is 2.45 bits per heavy atom. The molecule has 1 aliphatic rings. The Labute approximate surface area is 119 Å². The van der Waals surface area contributed by atoms with Gasteiger partial charge in [-0.25, -0.2) is 8.42 Å². The lowest BCUT2D eigenvalue weighted by Crippen LogP contribution is -2.49. The Kier molecular flexibility index (Phi) is 4.49. The van der Waals surface area contributed by atoms with Crippen LogP contribution >= 0.6 is 0 Å². The quantitative estimate of drug-likeness (QED) is 0.804. The van der Waals surface area contributed by atoms with E-state index < -0.39 is 9.84 Å². The Bertz CT molecular complexity index is 571. The summed E-state index contributed by atoms with van der Waals surface area (Å²) in [5.74, 6) is 0.787. The first-order valence-electron chi connectivity index (χ1n) is 6.60. The third-order valence-corrected chi connectivity index (χ3v) is 4.45. The summed E-state index contributed by atoms with van der Waals surface area (Å²) < 4.78 is 27.4. The average Bonchev–Trinajstić information content (AvgIpc) is 2.81. The van der Waals surface area contributed by atoms with Crippen molar-refractivity contribution in [3.63, 3.8) is 0 Å². The SMILES string of the molecule is Cc1occc1C(=O)N1CCN(CCS(C)(=O)=O)CC1. The first-order valence-corrected chi connectivity index (χ1v) is 8.66. The standard InChI is InChI=1S/C13H20N2O4S/c1-11-12(3-9-19-11)13(16)15-6-4-14(5-7-15)8-10-20(2,17)18/h3,9H,4-8,10H2,1-2H3. The number of furan rings is 1. The summed E-state index contributed by atoms with van der Waals surface area (Å²) in [4.78, 5) is 16.1. The van der Waals surface area contributed by atoms with E-state index in [4.69, 9.17) is 4.42 Å². The predicted octanol–water partition coefficient (Wildman–Crippen LogP) is 0.390. The second-order valence-electron chi connectivity index (χ2n) is 5.15. The highest BCUT2D eigenvalue weighted by atomic mass is 32.2. The molecule has 7 heteroatoms. The molecule has 0 unspecified atom stereocenters. The van der Waals surface area contributed by atoms with Crippen LogP contribution in [0.4, 0.5) is 0 Å². The van der Waals surface area contributed by atoms with Crippen molar-refractivity contribution in [3.05, 3.63) is 23.7 Å². The number of sulfone groups is 1. The smallest absolute Gasteiger partial charge is 0.257 e. The minimum absolute atomic E-state index is 0.0148. The first kappa shape index (κ1) is 15.1. The molecule has 0 aromatic carbocycles. The molecule has 2 rings (SSSR count). The van der Waals surface area contributed by atoms with E-state index in [-0.39, 0.29) is 11.7 Å². The van der Waals surface area contributed by atoms with Crippen LogP contribution in [0.25, 0.3) is 0 Å². The summed E-state index contributed by atoms with van der Waals surface area (Å²) >= 11 is 0. The fourth-order valence-corrected chi connectivity index (χ4v) is 2.84. The molecule has 0 radical (unpaired) electrons. The third-order valence-electron chi connectivity index (χ3n) is 3.53. The lowest BCUT2D eigenvalue weighted by Gasteiger charge is -2.34. The molecule has 0 N–H and O–H groups in total. The topological polar surface area (TPSA) is 70.8 Å². The van der Waals surface area contributed by atoms with Crippen molar-refractivity contribution < 1.29 is 17.6 Å². The molecule has 6 nitrogen and oxygen atoms in total. The second kappa shape index (κ2) is 5.97. The van der Waals surface area contributed by atoms with Gasteiger partial charge in [-0.3, -0.25) is 9.69 Å².